The maximum atomic E-state index is 11.3. The maximum Gasteiger partial charge on any atom is 0.323 e. The smallest absolute Gasteiger partial charge is 0.323 e. The van der Waals surface area contributed by atoms with Crippen LogP contribution in [0.3, 0.4) is 0 Å². The molecule has 0 aliphatic heterocycles. The Balaban J connectivity index is 2.30. The Bertz CT molecular complexity index is 371. The summed E-state index contributed by atoms with van der Waals surface area (Å²) in [7, 11) is 0. The summed E-state index contributed by atoms with van der Waals surface area (Å²) in [6, 6.07) is 5.35. The van der Waals surface area contributed by atoms with Gasteiger partial charge in [-0.25, -0.2) is 0 Å². The van der Waals surface area contributed by atoms with Crippen molar-refractivity contribution >= 4 is 17.7 Å². The van der Waals surface area contributed by atoms with Gasteiger partial charge in [-0.2, -0.15) is 11.8 Å². The van der Waals surface area contributed by atoms with E-state index >= 15 is 0 Å². The van der Waals surface area contributed by atoms with Crippen LogP contribution in [-0.4, -0.2) is 29.4 Å². The Morgan fingerprint density at radius 2 is 2.35 bits per heavy atom. The number of rotatable bonds is 6. The fourth-order valence-corrected chi connectivity index (χ4v) is 2.17. The molecule has 0 saturated heterocycles. The maximum absolute atomic E-state index is 11.3. The van der Waals surface area contributed by atoms with Gasteiger partial charge in [0.25, 0.3) is 0 Å². The predicted octanol–water partition coefficient (Wildman–Crippen LogP) is 1.51. The van der Waals surface area contributed by atoms with Crippen molar-refractivity contribution in [2.24, 2.45) is 5.73 Å². The van der Waals surface area contributed by atoms with Gasteiger partial charge in [0.1, 0.15) is 6.04 Å². The van der Waals surface area contributed by atoms with Crippen molar-refractivity contribution in [2.75, 3.05) is 12.4 Å². The van der Waals surface area contributed by atoms with Crippen molar-refractivity contribution in [1.29, 1.82) is 0 Å². The van der Waals surface area contributed by atoms with Crippen LogP contribution in [0.1, 0.15) is 18.3 Å². The van der Waals surface area contributed by atoms with Gasteiger partial charge >= 0.3 is 5.97 Å². The van der Waals surface area contributed by atoms with Gasteiger partial charge in [-0.1, -0.05) is 6.07 Å². The zero-order valence-electron chi connectivity index (χ0n) is 10.2. The zero-order valence-corrected chi connectivity index (χ0v) is 11.0. The van der Waals surface area contributed by atoms with Crippen LogP contribution >= 0.6 is 11.8 Å². The van der Waals surface area contributed by atoms with Gasteiger partial charge in [0.2, 0.25) is 0 Å². The van der Waals surface area contributed by atoms with E-state index in [1.807, 2.05) is 25.1 Å². The number of carbonyl (C=O) groups is 1. The van der Waals surface area contributed by atoms with Crippen molar-refractivity contribution in [3.8, 4) is 0 Å². The van der Waals surface area contributed by atoms with E-state index in [9.17, 15) is 4.79 Å². The summed E-state index contributed by atoms with van der Waals surface area (Å²) in [6.07, 6.45) is 0. The number of thioether (sulfide) groups is 1. The van der Waals surface area contributed by atoms with Crippen LogP contribution in [0.25, 0.3) is 0 Å². The molecule has 0 aliphatic carbocycles. The van der Waals surface area contributed by atoms with Crippen LogP contribution in [-0.2, 0) is 15.3 Å². The number of esters is 1. The summed E-state index contributed by atoms with van der Waals surface area (Å²) in [4.78, 5) is 15.6. The number of carbonyl (C=O) groups excluding carboxylic acids is 1. The molecule has 1 aromatic rings. The van der Waals surface area contributed by atoms with E-state index in [1.165, 1.54) is 0 Å². The third-order valence-electron chi connectivity index (χ3n) is 2.08. The van der Waals surface area contributed by atoms with Crippen LogP contribution in [0.4, 0.5) is 0 Å². The van der Waals surface area contributed by atoms with Crippen molar-refractivity contribution in [3.63, 3.8) is 0 Å². The van der Waals surface area contributed by atoms with Crippen LogP contribution in [0.2, 0.25) is 0 Å². The number of ether oxygens (including phenoxy) is 1. The lowest BCUT2D eigenvalue weighted by atomic mass is 10.3. The minimum Gasteiger partial charge on any atom is -0.465 e. The second-order valence-corrected chi connectivity index (χ2v) is 4.67. The highest BCUT2D eigenvalue weighted by Crippen LogP contribution is 2.11. The van der Waals surface area contributed by atoms with Crippen LogP contribution in [0.5, 0.6) is 0 Å². The van der Waals surface area contributed by atoms with E-state index in [1.54, 1.807) is 18.7 Å². The SMILES string of the molecule is CCOC(=O)C(N)CSCc1cccc(C)n1. The molecule has 0 aromatic carbocycles. The molecule has 0 radical (unpaired) electrons. The summed E-state index contributed by atoms with van der Waals surface area (Å²) in [5.41, 5.74) is 7.69. The number of hydrogen-bond donors (Lipinski definition) is 1. The second kappa shape index (κ2) is 7.29. The van der Waals surface area contributed by atoms with Crippen molar-refractivity contribution in [2.45, 2.75) is 25.6 Å². The highest BCUT2D eigenvalue weighted by Gasteiger charge is 2.14. The Kier molecular flexibility index (Phi) is 6.00. The van der Waals surface area contributed by atoms with E-state index in [0.29, 0.717) is 12.4 Å². The topological polar surface area (TPSA) is 65.2 Å². The van der Waals surface area contributed by atoms with Crippen molar-refractivity contribution in [3.05, 3.63) is 29.6 Å². The highest BCUT2D eigenvalue weighted by atomic mass is 32.2. The average Bonchev–Trinajstić information content (AvgIpc) is 2.29. The molecule has 94 valence electrons. The Morgan fingerprint density at radius 1 is 1.59 bits per heavy atom. The van der Waals surface area contributed by atoms with Gasteiger partial charge < -0.3 is 10.5 Å². The summed E-state index contributed by atoms with van der Waals surface area (Å²) in [5.74, 6) is 0.973. The molecule has 4 nitrogen and oxygen atoms in total. The van der Waals surface area contributed by atoms with E-state index in [4.69, 9.17) is 10.5 Å². The first-order valence-electron chi connectivity index (χ1n) is 5.56. The molecule has 1 rings (SSSR count). The van der Waals surface area contributed by atoms with Gasteiger partial charge in [0.05, 0.1) is 12.3 Å². The molecule has 0 amide bonds. The fraction of sp³-hybridized carbons (Fsp3) is 0.500. The first-order valence-corrected chi connectivity index (χ1v) is 6.71. The van der Waals surface area contributed by atoms with E-state index in [-0.39, 0.29) is 5.97 Å². The first-order chi connectivity index (χ1) is 8.13. The number of aryl methyl sites for hydroxylation is 1. The molecular weight excluding hydrogens is 236 g/mol. The molecular formula is C12H18N2O2S. The quantitative estimate of drug-likeness (QED) is 0.780. The molecule has 17 heavy (non-hydrogen) atoms. The number of aromatic nitrogens is 1. The Hall–Kier alpha value is -1.07. The molecule has 0 fully saturated rings. The van der Waals surface area contributed by atoms with Gasteiger partial charge in [0, 0.05) is 17.2 Å². The summed E-state index contributed by atoms with van der Waals surface area (Å²) < 4.78 is 4.83. The molecule has 0 spiro atoms. The third kappa shape index (κ3) is 5.19. The van der Waals surface area contributed by atoms with E-state index in [2.05, 4.69) is 4.98 Å². The minimum atomic E-state index is -0.551. The van der Waals surface area contributed by atoms with Crippen LogP contribution in [0.15, 0.2) is 18.2 Å². The largest absolute Gasteiger partial charge is 0.465 e. The summed E-state index contributed by atoms with van der Waals surface area (Å²) in [5, 5.41) is 0. The third-order valence-corrected chi connectivity index (χ3v) is 3.18. The zero-order chi connectivity index (χ0) is 12.7. The standard InChI is InChI=1S/C12H18N2O2S/c1-3-16-12(15)11(13)8-17-7-10-6-4-5-9(2)14-10/h4-6,11H,3,7-8,13H2,1-2H3. The first kappa shape index (κ1) is 14.0. The second-order valence-electron chi connectivity index (χ2n) is 3.64. The van der Waals surface area contributed by atoms with E-state index < -0.39 is 6.04 Å². The van der Waals surface area contributed by atoms with Gasteiger partial charge in [-0.3, -0.25) is 9.78 Å². The predicted molar refractivity (Wildman–Crippen MR) is 69.7 cm³/mol. The normalized spacial score (nSPS) is 12.2. The lowest BCUT2D eigenvalue weighted by Crippen LogP contribution is -2.34. The number of nitrogens with zero attached hydrogens (tertiary/aromatic N) is 1. The molecule has 0 bridgehead atoms. The number of hydrogen-bond acceptors (Lipinski definition) is 5. The summed E-state index contributed by atoms with van der Waals surface area (Å²) >= 11 is 1.59. The molecule has 0 aliphatic rings. The fourth-order valence-electron chi connectivity index (χ4n) is 1.29. The van der Waals surface area contributed by atoms with Crippen LogP contribution < -0.4 is 5.73 Å². The van der Waals surface area contributed by atoms with Crippen molar-refractivity contribution in [1.82, 2.24) is 4.98 Å². The highest BCUT2D eigenvalue weighted by molar-refractivity contribution is 7.98. The summed E-state index contributed by atoms with van der Waals surface area (Å²) in [6.45, 7) is 4.10. The van der Waals surface area contributed by atoms with Crippen LogP contribution in [0, 0.1) is 6.92 Å². The molecule has 0 saturated carbocycles. The van der Waals surface area contributed by atoms with Gasteiger partial charge in [-0.05, 0) is 26.0 Å². The monoisotopic (exact) mass is 254 g/mol. The Labute approximate surface area is 106 Å². The number of nitrogens with two attached hydrogens (primary N) is 1. The molecule has 1 atom stereocenters. The molecule has 1 heterocycles. The number of pyridine rings is 1. The lowest BCUT2D eigenvalue weighted by molar-refractivity contribution is -0.144. The van der Waals surface area contributed by atoms with E-state index in [0.717, 1.165) is 17.1 Å². The minimum absolute atomic E-state index is 0.336. The molecule has 2 N–H and O–H groups in total. The van der Waals surface area contributed by atoms with Crippen molar-refractivity contribution < 1.29 is 9.53 Å². The average molecular weight is 254 g/mol. The molecule has 1 unspecified atom stereocenters. The molecule has 5 heteroatoms. The van der Waals surface area contributed by atoms with Gasteiger partial charge in [-0.15, -0.1) is 0 Å². The molecule has 1 aromatic heterocycles. The van der Waals surface area contributed by atoms with Gasteiger partial charge in [0.15, 0.2) is 0 Å². The Morgan fingerprint density at radius 3 is 3.00 bits per heavy atom. The lowest BCUT2D eigenvalue weighted by Gasteiger charge is -2.09.